The third-order valence-corrected chi connectivity index (χ3v) is 5.38. The van der Waals surface area contributed by atoms with Gasteiger partial charge in [-0.2, -0.15) is 0 Å². The van der Waals surface area contributed by atoms with Crippen molar-refractivity contribution < 1.29 is 5.11 Å². The second-order valence-electron chi connectivity index (χ2n) is 7.37. The monoisotopic (exact) mass is 268 g/mol. The quantitative estimate of drug-likeness (QED) is 0.801. The van der Waals surface area contributed by atoms with E-state index in [1.807, 2.05) is 6.92 Å². The standard InChI is InChI=1S/C16H32N2O/c1-5-17-15-14(6-8-16(15,3)4)11-18-9-7-13(10-18)12(2)19/h12-15,17,19H,5-11H2,1-4H3. The van der Waals surface area contributed by atoms with Gasteiger partial charge in [0.15, 0.2) is 0 Å². The second kappa shape index (κ2) is 6.11. The average molecular weight is 268 g/mol. The van der Waals surface area contributed by atoms with E-state index in [1.165, 1.54) is 32.4 Å². The van der Waals surface area contributed by atoms with Gasteiger partial charge in [0.1, 0.15) is 0 Å². The van der Waals surface area contributed by atoms with E-state index in [0.717, 1.165) is 19.0 Å². The first-order valence-corrected chi connectivity index (χ1v) is 8.08. The molecular formula is C16H32N2O. The molecule has 3 nitrogen and oxygen atoms in total. The zero-order valence-corrected chi connectivity index (χ0v) is 13.2. The van der Waals surface area contributed by atoms with Crippen LogP contribution in [0.5, 0.6) is 0 Å². The molecule has 0 amide bonds. The van der Waals surface area contributed by atoms with E-state index < -0.39 is 0 Å². The van der Waals surface area contributed by atoms with E-state index in [2.05, 4.69) is 31.0 Å². The zero-order valence-electron chi connectivity index (χ0n) is 13.2. The first kappa shape index (κ1) is 15.3. The lowest BCUT2D eigenvalue weighted by Crippen LogP contribution is -2.45. The summed E-state index contributed by atoms with van der Waals surface area (Å²) >= 11 is 0. The first-order chi connectivity index (χ1) is 8.94. The Hall–Kier alpha value is -0.120. The van der Waals surface area contributed by atoms with Crippen molar-refractivity contribution in [1.82, 2.24) is 10.2 Å². The number of aliphatic hydroxyl groups excluding tert-OH is 1. The van der Waals surface area contributed by atoms with Crippen LogP contribution in [0.2, 0.25) is 0 Å². The SMILES string of the molecule is CCNC1C(CN2CCC(C(C)O)C2)CCC1(C)C. The van der Waals surface area contributed by atoms with Crippen LogP contribution in [0.4, 0.5) is 0 Å². The third-order valence-electron chi connectivity index (χ3n) is 5.38. The van der Waals surface area contributed by atoms with Crippen molar-refractivity contribution in [3.63, 3.8) is 0 Å². The third kappa shape index (κ3) is 3.50. The number of rotatable bonds is 5. The Morgan fingerprint density at radius 3 is 2.68 bits per heavy atom. The van der Waals surface area contributed by atoms with Gasteiger partial charge in [0.2, 0.25) is 0 Å². The van der Waals surface area contributed by atoms with Crippen molar-refractivity contribution in [2.24, 2.45) is 17.3 Å². The molecule has 2 fully saturated rings. The molecule has 1 heterocycles. The topological polar surface area (TPSA) is 35.5 Å². The Kier molecular flexibility index (Phi) is 4.91. The highest BCUT2D eigenvalue weighted by molar-refractivity contribution is 4.97. The fraction of sp³-hybridized carbons (Fsp3) is 1.00. The Labute approximate surface area is 118 Å². The maximum absolute atomic E-state index is 9.71. The molecule has 4 unspecified atom stereocenters. The van der Waals surface area contributed by atoms with E-state index in [-0.39, 0.29) is 6.10 Å². The maximum Gasteiger partial charge on any atom is 0.0552 e. The molecule has 19 heavy (non-hydrogen) atoms. The van der Waals surface area contributed by atoms with Crippen molar-refractivity contribution in [2.45, 2.75) is 59.1 Å². The highest BCUT2D eigenvalue weighted by atomic mass is 16.3. The number of aliphatic hydroxyl groups is 1. The lowest BCUT2D eigenvalue weighted by molar-refractivity contribution is 0.123. The minimum absolute atomic E-state index is 0.144. The van der Waals surface area contributed by atoms with Gasteiger partial charge in [0, 0.05) is 19.1 Å². The lowest BCUT2D eigenvalue weighted by atomic mass is 9.84. The van der Waals surface area contributed by atoms with E-state index in [4.69, 9.17) is 0 Å². The number of nitrogens with zero attached hydrogens (tertiary/aromatic N) is 1. The smallest absolute Gasteiger partial charge is 0.0552 e. The Morgan fingerprint density at radius 1 is 1.37 bits per heavy atom. The molecule has 0 radical (unpaired) electrons. The van der Waals surface area contributed by atoms with E-state index in [1.54, 1.807) is 0 Å². The normalized spacial score (nSPS) is 36.8. The highest BCUT2D eigenvalue weighted by Crippen LogP contribution is 2.42. The van der Waals surface area contributed by atoms with Crippen molar-refractivity contribution in [1.29, 1.82) is 0 Å². The first-order valence-electron chi connectivity index (χ1n) is 8.08. The molecule has 2 rings (SSSR count). The molecule has 2 aliphatic rings. The van der Waals surface area contributed by atoms with Crippen molar-refractivity contribution in [3.05, 3.63) is 0 Å². The van der Waals surface area contributed by atoms with Crippen LogP contribution in [-0.4, -0.2) is 48.3 Å². The molecule has 1 aliphatic carbocycles. The number of nitrogens with one attached hydrogen (secondary N) is 1. The van der Waals surface area contributed by atoms with E-state index in [9.17, 15) is 5.11 Å². The van der Waals surface area contributed by atoms with Gasteiger partial charge in [-0.3, -0.25) is 0 Å². The molecule has 0 aromatic rings. The summed E-state index contributed by atoms with van der Waals surface area (Å²) in [6, 6.07) is 0.656. The summed E-state index contributed by atoms with van der Waals surface area (Å²) in [7, 11) is 0. The molecule has 1 saturated heterocycles. The zero-order chi connectivity index (χ0) is 14.0. The molecule has 4 atom stereocenters. The largest absolute Gasteiger partial charge is 0.393 e. The van der Waals surface area contributed by atoms with Gasteiger partial charge in [-0.25, -0.2) is 0 Å². The van der Waals surface area contributed by atoms with Gasteiger partial charge >= 0.3 is 0 Å². The highest BCUT2D eigenvalue weighted by Gasteiger charge is 2.42. The number of likely N-dealkylation sites (tertiary alicyclic amines) is 1. The molecule has 1 saturated carbocycles. The summed E-state index contributed by atoms with van der Waals surface area (Å²) in [5.41, 5.74) is 0.435. The van der Waals surface area contributed by atoms with Gasteiger partial charge in [0.05, 0.1) is 6.10 Å². The molecule has 0 aromatic carbocycles. The van der Waals surface area contributed by atoms with E-state index in [0.29, 0.717) is 17.4 Å². The summed E-state index contributed by atoms with van der Waals surface area (Å²) in [5, 5.41) is 13.4. The van der Waals surface area contributed by atoms with Crippen LogP contribution < -0.4 is 5.32 Å². The molecule has 0 bridgehead atoms. The molecule has 0 aromatic heterocycles. The van der Waals surface area contributed by atoms with Gasteiger partial charge in [-0.05, 0) is 56.5 Å². The van der Waals surface area contributed by atoms with Crippen LogP contribution in [0.25, 0.3) is 0 Å². The Bertz CT molecular complexity index is 290. The van der Waals surface area contributed by atoms with Gasteiger partial charge in [-0.1, -0.05) is 20.8 Å². The summed E-state index contributed by atoms with van der Waals surface area (Å²) < 4.78 is 0. The van der Waals surface area contributed by atoms with Gasteiger partial charge in [0.25, 0.3) is 0 Å². The maximum atomic E-state index is 9.71. The average Bonchev–Trinajstić information content (AvgIpc) is 2.89. The fourth-order valence-corrected chi connectivity index (χ4v) is 4.13. The van der Waals surface area contributed by atoms with Crippen LogP contribution in [0.1, 0.15) is 47.0 Å². The molecule has 3 heteroatoms. The molecule has 1 aliphatic heterocycles. The van der Waals surface area contributed by atoms with Gasteiger partial charge < -0.3 is 15.3 Å². The molecule has 0 spiro atoms. The summed E-state index contributed by atoms with van der Waals surface area (Å²) in [4.78, 5) is 2.58. The predicted octanol–water partition coefficient (Wildman–Crippen LogP) is 2.10. The van der Waals surface area contributed by atoms with Crippen LogP contribution >= 0.6 is 0 Å². The van der Waals surface area contributed by atoms with E-state index >= 15 is 0 Å². The molecule has 2 N–H and O–H groups in total. The van der Waals surface area contributed by atoms with Crippen LogP contribution in [0.15, 0.2) is 0 Å². The number of hydrogen-bond donors (Lipinski definition) is 2. The minimum atomic E-state index is -0.144. The van der Waals surface area contributed by atoms with Crippen LogP contribution in [0.3, 0.4) is 0 Å². The summed E-state index contributed by atoms with van der Waals surface area (Å²) in [6.07, 6.45) is 3.71. The Morgan fingerprint density at radius 2 is 2.11 bits per heavy atom. The van der Waals surface area contributed by atoms with Crippen molar-refractivity contribution >= 4 is 0 Å². The predicted molar refractivity (Wildman–Crippen MR) is 80.2 cm³/mol. The summed E-state index contributed by atoms with van der Waals surface area (Å²) in [5.74, 6) is 1.27. The van der Waals surface area contributed by atoms with Crippen LogP contribution in [0, 0.1) is 17.3 Å². The van der Waals surface area contributed by atoms with Gasteiger partial charge in [-0.15, -0.1) is 0 Å². The molecule has 112 valence electrons. The molecular weight excluding hydrogens is 236 g/mol. The second-order valence-corrected chi connectivity index (χ2v) is 7.37. The van der Waals surface area contributed by atoms with Crippen molar-refractivity contribution in [2.75, 3.05) is 26.2 Å². The minimum Gasteiger partial charge on any atom is -0.393 e. The fourth-order valence-electron chi connectivity index (χ4n) is 4.13. The number of hydrogen-bond acceptors (Lipinski definition) is 3. The van der Waals surface area contributed by atoms with Crippen molar-refractivity contribution in [3.8, 4) is 0 Å². The summed E-state index contributed by atoms with van der Waals surface area (Å²) in [6.45, 7) is 13.5. The lowest BCUT2D eigenvalue weighted by Gasteiger charge is -2.33. The Balaban J connectivity index is 1.89. The van der Waals surface area contributed by atoms with Crippen LogP contribution in [-0.2, 0) is 0 Å².